The van der Waals surface area contributed by atoms with Gasteiger partial charge in [-0.05, 0) is 12.0 Å². The summed E-state index contributed by atoms with van der Waals surface area (Å²) in [5.74, 6) is 0.455. The van der Waals surface area contributed by atoms with Gasteiger partial charge in [-0.1, -0.05) is 27.7 Å². The topological polar surface area (TPSA) is 38.7 Å². The molecule has 0 unspecified atom stereocenters. The smallest absolute Gasteiger partial charge is 0.123 e. The monoisotopic (exact) mass is 209 g/mol. The fourth-order valence-corrected chi connectivity index (χ4v) is 1.52. The van der Waals surface area contributed by atoms with Crippen LogP contribution in [0.5, 0.6) is 0 Å². The number of nitrogens with zero attached hydrogens (tertiary/aromatic N) is 3. The van der Waals surface area contributed by atoms with Gasteiger partial charge in [0.2, 0.25) is 0 Å². The molecule has 76 valence electrons. The lowest BCUT2D eigenvalue weighted by atomic mass is 10.1. The first-order chi connectivity index (χ1) is 6.77. The molecule has 0 aromatic carbocycles. The third-order valence-corrected chi connectivity index (χ3v) is 2.31. The van der Waals surface area contributed by atoms with Gasteiger partial charge in [-0.2, -0.15) is 8.75 Å². The van der Waals surface area contributed by atoms with Crippen LogP contribution in [0.3, 0.4) is 0 Å². The Kier molecular flexibility index (Phi) is 3.95. The zero-order valence-electron chi connectivity index (χ0n) is 8.98. The maximum Gasteiger partial charge on any atom is 0.123 e. The van der Waals surface area contributed by atoms with Crippen molar-refractivity contribution in [2.45, 2.75) is 33.6 Å². The minimum absolute atomic E-state index is 0.455. The van der Waals surface area contributed by atoms with Crippen LogP contribution in [0.15, 0.2) is 12.3 Å². The van der Waals surface area contributed by atoms with Gasteiger partial charge in [0.1, 0.15) is 11.0 Å². The molecule has 2 heterocycles. The summed E-state index contributed by atoms with van der Waals surface area (Å²) in [6.07, 6.45) is 1.79. The molecule has 0 saturated carbocycles. The third-order valence-electron chi connectivity index (χ3n) is 1.75. The van der Waals surface area contributed by atoms with Crippen molar-refractivity contribution in [1.29, 1.82) is 0 Å². The van der Waals surface area contributed by atoms with Gasteiger partial charge in [0.15, 0.2) is 0 Å². The van der Waals surface area contributed by atoms with E-state index in [2.05, 4.69) is 27.6 Å². The zero-order chi connectivity index (χ0) is 10.6. The first kappa shape index (κ1) is 11.0. The molecular formula is C10H15N3S. The average molecular weight is 209 g/mol. The van der Waals surface area contributed by atoms with Gasteiger partial charge >= 0.3 is 0 Å². The summed E-state index contributed by atoms with van der Waals surface area (Å²) in [7, 11) is 0. The Hall–Kier alpha value is -1.03. The van der Waals surface area contributed by atoms with Crippen molar-refractivity contribution in [2.24, 2.45) is 0 Å². The lowest BCUT2D eigenvalue weighted by Crippen LogP contribution is -1.91. The van der Waals surface area contributed by atoms with E-state index in [1.54, 1.807) is 6.20 Å². The summed E-state index contributed by atoms with van der Waals surface area (Å²) in [4.78, 5) is 4.28. The molecule has 2 rings (SSSR count). The maximum absolute atomic E-state index is 4.28. The Labute approximate surface area is 88.5 Å². The molecule has 0 bridgehead atoms. The Morgan fingerprint density at radius 3 is 2.43 bits per heavy atom. The molecule has 2 aromatic heterocycles. The summed E-state index contributed by atoms with van der Waals surface area (Å²) < 4.78 is 8.24. The van der Waals surface area contributed by atoms with Crippen molar-refractivity contribution in [3.8, 4) is 0 Å². The molecule has 0 spiro atoms. The summed E-state index contributed by atoms with van der Waals surface area (Å²) in [5.41, 5.74) is 2.93. The molecule has 0 aliphatic heterocycles. The van der Waals surface area contributed by atoms with Crippen LogP contribution < -0.4 is 0 Å². The second-order valence-electron chi connectivity index (χ2n) is 3.02. The minimum Gasteiger partial charge on any atom is -0.259 e. The van der Waals surface area contributed by atoms with Crippen LogP contribution in [0.4, 0.5) is 0 Å². The molecule has 3 nitrogen and oxygen atoms in total. The maximum atomic E-state index is 4.28. The number of pyridine rings is 1. The highest BCUT2D eigenvalue weighted by Crippen LogP contribution is 2.16. The van der Waals surface area contributed by atoms with E-state index in [0.29, 0.717) is 5.92 Å². The van der Waals surface area contributed by atoms with E-state index in [0.717, 1.165) is 16.7 Å². The van der Waals surface area contributed by atoms with Gasteiger partial charge in [0.25, 0.3) is 0 Å². The average Bonchev–Trinajstić information content (AvgIpc) is 2.67. The van der Waals surface area contributed by atoms with Crippen molar-refractivity contribution in [3.63, 3.8) is 0 Å². The Morgan fingerprint density at radius 2 is 1.79 bits per heavy atom. The van der Waals surface area contributed by atoms with E-state index in [-0.39, 0.29) is 0 Å². The summed E-state index contributed by atoms with van der Waals surface area (Å²) in [6.45, 7) is 8.24. The van der Waals surface area contributed by atoms with E-state index in [9.17, 15) is 0 Å². The fourth-order valence-electron chi connectivity index (χ4n) is 1.02. The largest absolute Gasteiger partial charge is 0.259 e. The van der Waals surface area contributed by atoms with E-state index in [1.807, 2.05) is 19.9 Å². The van der Waals surface area contributed by atoms with Crippen molar-refractivity contribution >= 4 is 22.8 Å². The van der Waals surface area contributed by atoms with E-state index < -0.39 is 0 Å². The first-order valence-corrected chi connectivity index (χ1v) is 5.58. The second-order valence-corrected chi connectivity index (χ2v) is 3.55. The van der Waals surface area contributed by atoms with E-state index >= 15 is 0 Å². The van der Waals surface area contributed by atoms with Gasteiger partial charge in [-0.15, -0.1) is 0 Å². The Morgan fingerprint density at radius 1 is 1.14 bits per heavy atom. The van der Waals surface area contributed by atoms with Gasteiger partial charge in [-0.25, -0.2) is 0 Å². The van der Waals surface area contributed by atoms with E-state index in [4.69, 9.17) is 0 Å². The predicted octanol–water partition coefficient (Wildman–Crippen LogP) is 3.24. The van der Waals surface area contributed by atoms with Gasteiger partial charge in [0.05, 0.1) is 17.9 Å². The second kappa shape index (κ2) is 5.00. The molecule has 0 N–H and O–H groups in total. The third kappa shape index (κ3) is 2.26. The molecule has 0 atom stereocenters. The highest BCUT2D eigenvalue weighted by molar-refractivity contribution is 7.00. The van der Waals surface area contributed by atoms with Crippen LogP contribution >= 0.6 is 11.7 Å². The highest BCUT2D eigenvalue weighted by Gasteiger charge is 2.03. The molecule has 0 aliphatic rings. The number of rotatable bonds is 1. The molecule has 0 aliphatic carbocycles. The van der Waals surface area contributed by atoms with Crippen LogP contribution in [-0.4, -0.2) is 13.7 Å². The molecule has 0 radical (unpaired) electrons. The summed E-state index contributed by atoms with van der Waals surface area (Å²) in [5, 5.41) is 0. The van der Waals surface area contributed by atoms with Gasteiger partial charge in [0, 0.05) is 5.69 Å². The number of hydrogen-bond donors (Lipinski definition) is 0. The minimum atomic E-state index is 0.455. The molecule has 0 fully saturated rings. The fraction of sp³-hybridized carbons (Fsp3) is 0.500. The van der Waals surface area contributed by atoms with Crippen molar-refractivity contribution in [1.82, 2.24) is 13.7 Å². The quantitative estimate of drug-likeness (QED) is 0.723. The van der Waals surface area contributed by atoms with E-state index in [1.165, 1.54) is 11.7 Å². The normalized spacial score (nSPS) is 10.1. The molecule has 0 amide bonds. The van der Waals surface area contributed by atoms with Crippen LogP contribution in [0.2, 0.25) is 0 Å². The van der Waals surface area contributed by atoms with Crippen LogP contribution in [0.25, 0.3) is 11.0 Å². The molecule has 4 heteroatoms. The van der Waals surface area contributed by atoms with Gasteiger partial charge in [-0.3, -0.25) is 4.98 Å². The molecular weight excluding hydrogens is 194 g/mol. The number of fused-ring (bicyclic) bond motifs is 1. The zero-order valence-corrected chi connectivity index (χ0v) is 9.80. The van der Waals surface area contributed by atoms with Gasteiger partial charge < -0.3 is 0 Å². The lowest BCUT2D eigenvalue weighted by molar-refractivity contribution is 0.825. The number of aromatic nitrogens is 3. The Balaban J connectivity index is 0.000000461. The number of hydrogen-bond acceptors (Lipinski definition) is 4. The van der Waals surface area contributed by atoms with Crippen molar-refractivity contribution < 1.29 is 0 Å². The van der Waals surface area contributed by atoms with Crippen molar-refractivity contribution in [3.05, 3.63) is 18.0 Å². The van der Waals surface area contributed by atoms with Crippen LogP contribution in [0, 0.1) is 0 Å². The predicted molar refractivity (Wildman–Crippen MR) is 60.6 cm³/mol. The molecule has 0 saturated heterocycles. The van der Waals surface area contributed by atoms with Crippen LogP contribution in [-0.2, 0) is 0 Å². The first-order valence-electron chi connectivity index (χ1n) is 4.85. The lowest BCUT2D eigenvalue weighted by Gasteiger charge is -2.01. The molecule has 2 aromatic rings. The summed E-state index contributed by atoms with van der Waals surface area (Å²) in [6, 6.07) is 2.00. The van der Waals surface area contributed by atoms with Crippen molar-refractivity contribution in [2.75, 3.05) is 0 Å². The standard InChI is InChI=1S/C8H9N3S.C2H6/c1-5(2)6-3-7-8(4-9-6)11-12-10-7;1-2/h3-5H,1-2H3;1-2H3. The summed E-state index contributed by atoms with van der Waals surface area (Å²) >= 11 is 1.23. The van der Waals surface area contributed by atoms with Crippen LogP contribution in [0.1, 0.15) is 39.3 Å². The highest BCUT2D eigenvalue weighted by atomic mass is 32.1. The molecule has 14 heavy (non-hydrogen) atoms. The SMILES string of the molecule is CC.CC(C)c1cc2nsnc2cn1. The Bertz CT molecular complexity index is 395.